The van der Waals surface area contributed by atoms with E-state index in [4.69, 9.17) is 10.3 Å². The highest BCUT2D eigenvalue weighted by Crippen LogP contribution is 2.22. The second-order valence-corrected chi connectivity index (χ2v) is 5.65. The van der Waals surface area contributed by atoms with E-state index in [1.54, 1.807) is 13.8 Å². The molecule has 1 heterocycles. The summed E-state index contributed by atoms with van der Waals surface area (Å²) in [6.07, 6.45) is 0. The van der Waals surface area contributed by atoms with Crippen LogP contribution in [0.2, 0.25) is 0 Å². The van der Waals surface area contributed by atoms with Crippen LogP contribution >= 0.6 is 0 Å². The Morgan fingerprint density at radius 3 is 2.52 bits per heavy atom. The Morgan fingerprint density at radius 1 is 1.33 bits per heavy atom. The second-order valence-electron chi connectivity index (χ2n) is 5.65. The van der Waals surface area contributed by atoms with Gasteiger partial charge in [0.2, 0.25) is 11.8 Å². The Labute approximate surface area is 123 Å². The van der Waals surface area contributed by atoms with Crippen LogP contribution in [0.15, 0.2) is 28.8 Å². The topological polar surface area (TPSA) is 94.0 Å². The lowest BCUT2D eigenvalue weighted by molar-refractivity contribution is -0.120. The van der Waals surface area contributed by atoms with E-state index < -0.39 is 11.6 Å². The largest absolute Gasteiger partial charge is 0.344 e. The molecule has 0 aliphatic carbocycles. The van der Waals surface area contributed by atoms with Gasteiger partial charge in [0.05, 0.1) is 5.54 Å². The molecule has 1 aromatic heterocycles. The van der Waals surface area contributed by atoms with Gasteiger partial charge < -0.3 is 15.6 Å². The molecule has 3 N–H and O–H groups in total. The molecular formula is C15H20N4O2. The zero-order valence-corrected chi connectivity index (χ0v) is 12.7. The molecule has 2 aromatic rings. The van der Waals surface area contributed by atoms with Gasteiger partial charge >= 0.3 is 0 Å². The fourth-order valence-electron chi connectivity index (χ4n) is 2.03. The molecule has 0 fully saturated rings. The molecule has 0 aliphatic rings. The highest BCUT2D eigenvalue weighted by molar-refractivity contribution is 5.73. The standard InChI is InChI=1S/C15H20N4O2/c1-9-5-7-11(8-6-9)12(16)13-17-14(19-21-13)15(3,4)18-10(2)20/h5-8,12H,16H2,1-4H3,(H,18,20). The van der Waals surface area contributed by atoms with E-state index in [2.05, 4.69) is 15.5 Å². The van der Waals surface area contributed by atoms with E-state index in [-0.39, 0.29) is 5.91 Å². The monoisotopic (exact) mass is 288 g/mol. The fraction of sp³-hybridized carbons (Fsp3) is 0.400. The molecule has 0 saturated carbocycles. The number of hydrogen-bond acceptors (Lipinski definition) is 5. The van der Waals surface area contributed by atoms with Crippen LogP contribution in [-0.4, -0.2) is 16.0 Å². The summed E-state index contributed by atoms with van der Waals surface area (Å²) in [4.78, 5) is 15.5. The summed E-state index contributed by atoms with van der Waals surface area (Å²) in [5.41, 5.74) is 7.49. The Balaban J connectivity index is 2.23. The number of aromatic nitrogens is 2. The molecule has 21 heavy (non-hydrogen) atoms. The van der Waals surface area contributed by atoms with Crippen molar-refractivity contribution in [1.82, 2.24) is 15.5 Å². The molecule has 0 bridgehead atoms. The Hall–Kier alpha value is -2.21. The number of nitrogens with two attached hydrogens (primary N) is 1. The number of rotatable bonds is 4. The van der Waals surface area contributed by atoms with Crippen molar-refractivity contribution in [3.05, 3.63) is 47.1 Å². The molecule has 0 aliphatic heterocycles. The van der Waals surface area contributed by atoms with Crippen LogP contribution in [0.3, 0.4) is 0 Å². The van der Waals surface area contributed by atoms with Crippen LogP contribution in [0, 0.1) is 6.92 Å². The minimum atomic E-state index is -0.708. The predicted molar refractivity (Wildman–Crippen MR) is 78.4 cm³/mol. The highest BCUT2D eigenvalue weighted by Gasteiger charge is 2.29. The van der Waals surface area contributed by atoms with Crippen LogP contribution in [0.25, 0.3) is 0 Å². The molecule has 0 spiro atoms. The summed E-state index contributed by atoms with van der Waals surface area (Å²) < 4.78 is 5.24. The predicted octanol–water partition coefficient (Wildman–Crippen LogP) is 1.80. The van der Waals surface area contributed by atoms with Crippen molar-refractivity contribution in [1.29, 1.82) is 0 Å². The number of carbonyl (C=O) groups excluding carboxylic acids is 1. The van der Waals surface area contributed by atoms with Crippen molar-refractivity contribution >= 4 is 5.91 Å². The third-order valence-corrected chi connectivity index (χ3v) is 3.19. The van der Waals surface area contributed by atoms with Crippen molar-refractivity contribution in [3.8, 4) is 0 Å². The van der Waals surface area contributed by atoms with Gasteiger partial charge in [-0.2, -0.15) is 4.98 Å². The van der Waals surface area contributed by atoms with E-state index in [1.807, 2.05) is 31.2 Å². The number of amides is 1. The number of carbonyl (C=O) groups is 1. The second kappa shape index (κ2) is 5.65. The first-order valence-corrected chi connectivity index (χ1v) is 6.74. The van der Waals surface area contributed by atoms with Crippen molar-refractivity contribution < 1.29 is 9.32 Å². The van der Waals surface area contributed by atoms with Gasteiger partial charge in [-0.25, -0.2) is 0 Å². The van der Waals surface area contributed by atoms with Gasteiger partial charge in [0.25, 0.3) is 0 Å². The SMILES string of the molecule is CC(=O)NC(C)(C)c1noc(C(N)c2ccc(C)cc2)n1. The normalized spacial score (nSPS) is 13.0. The molecule has 2 rings (SSSR count). The molecule has 6 heteroatoms. The van der Waals surface area contributed by atoms with E-state index >= 15 is 0 Å². The maximum atomic E-state index is 11.2. The maximum Gasteiger partial charge on any atom is 0.248 e. The number of benzene rings is 1. The summed E-state index contributed by atoms with van der Waals surface area (Å²) in [5, 5.41) is 6.69. The number of nitrogens with one attached hydrogen (secondary N) is 1. The summed E-state index contributed by atoms with van der Waals surface area (Å²) in [6, 6.07) is 7.34. The van der Waals surface area contributed by atoms with Crippen LogP contribution in [0.1, 0.15) is 49.7 Å². The lowest BCUT2D eigenvalue weighted by Crippen LogP contribution is -2.40. The smallest absolute Gasteiger partial charge is 0.248 e. The van der Waals surface area contributed by atoms with Crippen molar-refractivity contribution in [2.24, 2.45) is 5.73 Å². The molecule has 0 saturated heterocycles. The highest BCUT2D eigenvalue weighted by atomic mass is 16.5. The minimum Gasteiger partial charge on any atom is -0.344 e. The van der Waals surface area contributed by atoms with Gasteiger partial charge in [-0.3, -0.25) is 4.79 Å². The molecule has 6 nitrogen and oxygen atoms in total. The average molecular weight is 288 g/mol. The van der Waals surface area contributed by atoms with Crippen LogP contribution < -0.4 is 11.1 Å². The van der Waals surface area contributed by atoms with Gasteiger partial charge in [0.1, 0.15) is 6.04 Å². The summed E-state index contributed by atoms with van der Waals surface area (Å²) in [6.45, 7) is 7.07. The van der Waals surface area contributed by atoms with Crippen LogP contribution in [-0.2, 0) is 10.3 Å². The first-order valence-electron chi connectivity index (χ1n) is 6.74. The third-order valence-electron chi connectivity index (χ3n) is 3.19. The maximum absolute atomic E-state index is 11.2. The summed E-state index contributed by atoms with van der Waals surface area (Å²) in [7, 11) is 0. The van der Waals surface area contributed by atoms with Gasteiger partial charge in [-0.1, -0.05) is 35.0 Å². The first-order chi connectivity index (χ1) is 9.79. The van der Waals surface area contributed by atoms with Crippen molar-refractivity contribution in [3.63, 3.8) is 0 Å². The van der Waals surface area contributed by atoms with Gasteiger partial charge in [0.15, 0.2) is 5.82 Å². The molecule has 1 unspecified atom stereocenters. The number of nitrogens with zero attached hydrogens (tertiary/aromatic N) is 2. The zero-order chi connectivity index (χ0) is 15.6. The Bertz CT molecular complexity index is 631. The van der Waals surface area contributed by atoms with E-state index in [1.165, 1.54) is 6.92 Å². The minimum absolute atomic E-state index is 0.158. The molecule has 1 atom stereocenters. The zero-order valence-electron chi connectivity index (χ0n) is 12.7. The third kappa shape index (κ3) is 3.46. The first kappa shape index (κ1) is 15.2. The van der Waals surface area contributed by atoms with E-state index in [9.17, 15) is 4.79 Å². The van der Waals surface area contributed by atoms with Gasteiger partial charge in [-0.15, -0.1) is 0 Å². The van der Waals surface area contributed by atoms with E-state index in [0.717, 1.165) is 11.1 Å². The van der Waals surface area contributed by atoms with Gasteiger partial charge in [0, 0.05) is 6.92 Å². The molecule has 1 aromatic carbocycles. The fourth-order valence-corrected chi connectivity index (χ4v) is 2.03. The Morgan fingerprint density at radius 2 is 1.95 bits per heavy atom. The molecule has 112 valence electrons. The molecule has 1 amide bonds. The average Bonchev–Trinajstić information content (AvgIpc) is 2.87. The lowest BCUT2D eigenvalue weighted by atomic mass is 10.0. The van der Waals surface area contributed by atoms with E-state index in [0.29, 0.717) is 11.7 Å². The van der Waals surface area contributed by atoms with Crippen LogP contribution in [0.4, 0.5) is 0 Å². The molecular weight excluding hydrogens is 268 g/mol. The molecule has 0 radical (unpaired) electrons. The lowest BCUT2D eigenvalue weighted by Gasteiger charge is -2.21. The summed E-state index contributed by atoms with van der Waals surface area (Å²) in [5.74, 6) is 0.566. The van der Waals surface area contributed by atoms with Crippen molar-refractivity contribution in [2.45, 2.75) is 39.3 Å². The quantitative estimate of drug-likeness (QED) is 0.894. The number of hydrogen-bond donors (Lipinski definition) is 2. The number of aryl methyl sites for hydroxylation is 1. The Kier molecular flexibility index (Phi) is 4.09. The van der Waals surface area contributed by atoms with Crippen molar-refractivity contribution in [2.75, 3.05) is 0 Å². The van der Waals surface area contributed by atoms with Crippen LogP contribution in [0.5, 0.6) is 0 Å². The summed E-state index contributed by atoms with van der Waals surface area (Å²) >= 11 is 0. The van der Waals surface area contributed by atoms with Gasteiger partial charge in [-0.05, 0) is 26.3 Å².